The number of halogens is 1. The molecule has 2 heterocycles. The van der Waals surface area contributed by atoms with Gasteiger partial charge in [0.15, 0.2) is 5.76 Å². The molecule has 170 valence electrons. The van der Waals surface area contributed by atoms with Gasteiger partial charge in [0.1, 0.15) is 28.1 Å². The Morgan fingerprint density at radius 3 is 2.53 bits per heavy atom. The monoisotopic (exact) mass is 475 g/mol. The van der Waals surface area contributed by atoms with Crippen molar-refractivity contribution in [2.24, 2.45) is 5.73 Å². The van der Waals surface area contributed by atoms with Gasteiger partial charge in [-0.05, 0) is 47.5 Å². The number of nitriles is 1. The van der Waals surface area contributed by atoms with Crippen molar-refractivity contribution in [2.75, 3.05) is 4.31 Å². The Morgan fingerprint density at radius 1 is 1.09 bits per heavy atom. The van der Waals surface area contributed by atoms with Crippen molar-refractivity contribution in [3.05, 3.63) is 112 Å². The first-order valence-electron chi connectivity index (χ1n) is 10.3. The molecule has 7 nitrogen and oxygen atoms in total. The van der Waals surface area contributed by atoms with Gasteiger partial charge in [-0.2, -0.15) is 5.26 Å². The highest BCUT2D eigenvalue weighted by Crippen LogP contribution is 2.51. The van der Waals surface area contributed by atoms with Crippen LogP contribution in [0.15, 0.2) is 89.2 Å². The summed E-state index contributed by atoms with van der Waals surface area (Å²) in [6, 6.07) is 20.3. The van der Waals surface area contributed by atoms with Gasteiger partial charge in [0.05, 0.1) is 18.2 Å². The number of rotatable bonds is 3. The standard InChI is InChI=1S/C25H18FN3O4S/c26-17-10-8-15(9-11-17)14-29-21-7-2-1-6-19(21)23-24(34(29,31)32)22(20(13-27)25(28)33-23)16-4-3-5-18(30)12-16/h1-12,22,30H,14,28H2. The van der Waals surface area contributed by atoms with Crippen LogP contribution in [0.3, 0.4) is 0 Å². The minimum absolute atomic E-state index is 0.0378. The van der Waals surface area contributed by atoms with Crippen molar-refractivity contribution in [1.29, 1.82) is 5.26 Å². The van der Waals surface area contributed by atoms with Crippen LogP contribution in [0.4, 0.5) is 10.1 Å². The van der Waals surface area contributed by atoms with Gasteiger partial charge in [-0.3, -0.25) is 4.31 Å². The number of hydrogen-bond acceptors (Lipinski definition) is 6. The summed E-state index contributed by atoms with van der Waals surface area (Å²) in [7, 11) is -4.25. The minimum Gasteiger partial charge on any atom is -0.508 e. The molecule has 0 aromatic heterocycles. The van der Waals surface area contributed by atoms with Gasteiger partial charge in [-0.25, -0.2) is 12.8 Å². The van der Waals surface area contributed by atoms with Gasteiger partial charge in [0.25, 0.3) is 10.0 Å². The summed E-state index contributed by atoms with van der Waals surface area (Å²) in [5.41, 5.74) is 7.80. The van der Waals surface area contributed by atoms with Crippen LogP contribution < -0.4 is 10.0 Å². The van der Waals surface area contributed by atoms with E-state index in [0.717, 1.165) is 0 Å². The van der Waals surface area contributed by atoms with Gasteiger partial charge >= 0.3 is 0 Å². The predicted molar refractivity (Wildman–Crippen MR) is 124 cm³/mol. The van der Waals surface area contributed by atoms with Crippen molar-refractivity contribution in [1.82, 2.24) is 0 Å². The average molecular weight is 476 g/mol. The number of nitrogens with zero attached hydrogens (tertiary/aromatic N) is 2. The summed E-state index contributed by atoms with van der Waals surface area (Å²) in [6.07, 6.45) is 0. The molecule has 0 amide bonds. The van der Waals surface area contributed by atoms with Crippen molar-refractivity contribution in [2.45, 2.75) is 12.5 Å². The molecule has 3 aromatic rings. The molecule has 0 fully saturated rings. The number of phenols is 1. The lowest BCUT2D eigenvalue weighted by molar-refractivity contribution is 0.357. The zero-order chi connectivity index (χ0) is 24.0. The molecule has 9 heteroatoms. The summed E-state index contributed by atoms with van der Waals surface area (Å²) in [5, 5.41) is 19.9. The van der Waals surface area contributed by atoms with Gasteiger partial charge < -0.3 is 15.6 Å². The molecule has 0 spiro atoms. The lowest BCUT2D eigenvalue weighted by Crippen LogP contribution is -2.39. The Kier molecular flexibility index (Phi) is 5.03. The number of phenolic OH excluding ortho intramolecular Hbond substituents is 1. The maximum Gasteiger partial charge on any atom is 0.265 e. The van der Waals surface area contributed by atoms with E-state index in [0.29, 0.717) is 22.4 Å². The number of para-hydroxylation sites is 1. The van der Waals surface area contributed by atoms with Crippen LogP contribution in [0.5, 0.6) is 5.75 Å². The van der Waals surface area contributed by atoms with E-state index in [1.54, 1.807) is 36.4 Å². The van der Waals surface area contributed by atoms with E-state index in [-0.39, 0.29) is 34.4 Å². The Labute approximate surface area is 195 Å². The highest BCUT2D eigenvalue weighted by molar-refractivity contribution is 7.96. The molecule has 1 unspecified atom stereocenters. The second-order valence-corrected chi connectivity index (χ2v) is 9.70. The van der Waals surface area contributed by atoms with Crippen molar-refractivity contribution < 1.29 is 22.7 Å². The Hall–Kier alpha value is -4.29. The number of hydrogen-bond donors (Lipinski definition) is 2. The SMILES string of the molecule is N#CC1=C(N)OC2=C(C1c1cccc(O)c1)S(=O)(=O)N(Cc1ccc(F)cc1)c1ccccc12. The second kappa shape index (κ2) is 7.93. The highest BCUT2D eigenvalue weighted by atomic mass is 32.2. The normalized spacial score (nSPS) is 18.6. The molecule has 0 bridgehead atoms. The van der Waals surface area contributed by atoms with Crippen LogP contribution >= 0.6 is 0 Å². The Morgan fingerprint density at radius 2 is 1.82 bits per heavy atom. The maximum absolute atomic E-state index is 14.1. The van der Waals surface area contributed by atoms with Crippen LogP contribution in [-0.4, -0.2) is 13.5 Å². The van der Waals surface area contributed by atoms with E-state index in [2.05, 4.69) is 0 Å². The van der Waals surface area contributed by atoms with Gasteiger partial charge in [-0.1, -0.05) is 36.4 Å². The number of anilines is 1. The molecule has 0 radical (unpaired) electrons. The number of allylic oxidation sites excluding steroid dienone is 2. The number of aromatic hydroxyl groups is 1. The third kappa shape index (κ3) is 3.36. The topological polar surface area (TPSA) is 117 Å². The third-order valence-electron chi connectivity index (χ3n) is 5.80. The van der Waals surface area contributed by atoms with Crippen molar-refractivity contribution in [3.63, 3.8) is 0 Å². The fourth-order valence-electron chi connectivity index (χ4n) is 4.27. The van der Waals surface area contributed by atoms with Crippen LogP contribution in [0.2, 0.25) is 0 Å². The van der Waals surface area contributed by atoms with Crippen LogP contribution in [0, 0.1) is 17.1 Å². The molecule has 3 N–H and O–H groups in total. The fraction of sp³-hybridized carbons (Fsp3) is 0.0800. The zero-order valence-electron chi connectivity index (χ0n) is 17.6. The Balaban J connectivity index is 1.76. The lowest BCUT2D eigenvalue weighted by Gasteiger charge is -2.38. The minimum atomic E-state index is -4.25. The first-order chi connectivity index (χ1) is 16.3. The second-order valence-electron chi connectivity index (χ2n) is 7.87. The molecule has 0 aliphatic carbocycles. The van der Waals surface area contributed by atoms with Gasteiger partial charge in [0.2, 0.25) is 5.88 Å². The molecule has 5 rings (SSSR count). The molecular weight excluding hydrogens is 457 g/mol. The number of sulfonamides is 1. The number of ether oxygens (including phenoxy) is 1. The number of nitrogens with two attached hydrogens (primary N) is 1. The molecule has 1 atom stereocenters. The van der Waals surface area contributed by atoms with E-state index in [1.165, 1.54) is 40.7 Å². The lowest BCUT2D eigenvalue weighted by atomic mass is 9.88. The molecule has 34 heavy (non-hydrogen) atoms. The smallest absolute Gasteiger partial charge is 0.265 e. The number of fused-ring (bicyclic) bond motifs is 2. The fourth-order valence-corrected chi connectivity index (χ4v) is 6.18. The van der Waals surface area contributed by atoms with Crippen LogP contribution in [0.1, 0.15) is 22.6 Å². The first-order valence-corrected chi connectivity index (χ1v) is 11.7. The summed E-state index contributed by atoms with van der Waals surface area (Å²) >= 11 is 0. The van der Waals surface area contributed by atoms with Gasteiger partial charge in [-0.15, -0.1) is 0 Å². The quantitative estimate of drug-likeness (QED) is 0.590. The number of benzene rings is 3. The predicted octanol–water partition coefficient (Wildman–Crippen LogP) is 4.06. The van der Waals surface area contributed by atoms with Crippen LogP contribution in [0.25, 0.3) is 5.76 Å². The van der Waals surface area contributed by atoms with E-state index >= 15 is 0 Å². The van der Waals surface area contributed by atoms with E-state index in [4.69, 9.17) is 10.5 Å². The first kappa shape index (κ1) is 21.6. The van der Waals surface area contributed by atoms with E-state index in [9.17, 15) is 23.2 Å². The summed E-state index contributed by atoms with van der Waals surface area (Å²) in [4.78, 5) is -0.148. The average Bonchev–Trinajstić information content (AvgIpc) is 2.82. The summed E-state index contributed by atoms with van der Waals surface area (Å²) < 4.78 is 48.6. The highest BCUT2D eigenvalue weighted by Gasteiger charge is 2.47. The summed E-state index contributed by atoms with van der Waals surface area (Å²) in [5.74, 6) is -1.77. The molecular formula is C25H18FN3O4S. The molecule has 2 aliphatic heterocycles. The molecule has 2 aliphatic rings. The molecule has 3 aromatic carbocycles. The molecule has 0 saturated heterocycles. The summed E-state index contributed by atoms with van der Waals surface area (Å²) in [6.45, 7) is -0.0652. The largest absolute Gasteiger partial charge is 0.508 e. The van der Waals surface area contributed by atoms with E-state index < -0.39 is 21.8 Å². The Bertz CT molecular complexity index is 1520. The molecule has 0 saturated carbocycles. The maximum atomic E-state index is 14.1. The van der Waals surface area contributed by atoms with E-state index in [1.807, 2.05) is 6.07 Å². The van der Waals surface area contributed by atoms with Crippen molar-refractivity contribution in [3.8, 4) is 11.8 Å². The van der Waals surface area contributed by atoms with Crippen molar-refractivity contribution >= 4 is 21.5 Å². The van der Waals surface area contributed by atoms with Crippen LogP contribution in [-0.2, 0) is 21.3 Å². The third-order valence-corrected chi connectivity index (χ3v) is 7.68. The zero-order valence-corrected chi connectivity index (χ0v) is 18.5. The van der Waals surface area contributed by atoms with Gasteiger partial charge in [0, 0.05) is 5.56 Å².